The van der Waals surface area contributed by atoms with Crippen LogP contribution in [0.3, 0.4) is 0 Å². The van der Waals surface area contributed by atoms with Gasteiger partial charge in [0.15, 0.2) is 0 Å². The summed E-state index contributed by atoms with van der Waals surface area (Å²) in [6.07, 6.45) is 0. The Morgan fingerprint density at radius 2 is 1.58 bits per heavy atom. The molecule has 2 N–H and O–H groups in total. The number of carboxylic acid groups (broad SMARTS) is 1. The lowest BCUT2D eigenvalue weighted by atomic mass is 10.1. The summed E-state index contributed by atoms with van der Waals surface area (Å²) in [6, 6.07) is 15.6. The normalized spacial score (nSPS) is 10.0. The molecule has 0 radical (unpaired) electrons. The zero-order valence-corrected chi connectivity index (χ0v) is 13.2. The van der Waals surface area contributed by atoms with Gasteiger partial charge in [0, 0.05) is 24.7 Å². The first-order valence-electron chi connectivity index (χ1n) is 7.37. The molecule has 6 nitrogen and oxygen atoms in total. The molecule has 0 spiro atoms. The van der Waals surface area contributed by atoms with E-state index in [4.69, 9.17) is 5.11 Å². The summed E-state index contributed by atoms with van der Waals surface area (Å²) in [5, 5.41) is 11.5. The Bertz CT molecular complexity index is 726. The molecule has 24 heavy (non-hydrogen) atoms. The highest BCUT2D eigenvalue weighted by Crippen LogP contribution is 2.08. The van der Waals surface area contributed by atoms with Gasteiger partial charge in [-0.05, 0) is 29.8 Å². The zero-order chi connectivity index (χ0) is 17.5. The number of rotatable bonds is 6. The van der Waals surface area contributed by atoms with Gasteiger partial charge in [-0.15, -0.1) is 0 Å². The van der Waals surface area contributed by atoms with Crippen molar-refractivity contribution in [2.75, 3.05) is 13.6 Å². The summed E-state index contributed by atoms with van der Waals surface area (Å²) in [7, 11) is 1.43. The predicted molar refractivity (Wildman–Crippen MR) is 88.7 cm³/mol. The lowest BCUT2D eigenvalue weighted by Gasteiger charge is -2.14. The van der Waals surface area contributed by atoms with Crippen molar-refractivity contribution in [3.63, 3.8) is 0 Å². The molecule has 6 heteroatoms. The van der Waals surface area contributed by atoms with E-state index in [1.54, 1.807) is 48.5 Å². The lowest BCUT2D eigenvalue weighted by molar-refractivity contribution is -0.137. The molecule has 0 unspecified atom stereocenters. The van der Waals surface area contributed by atoms with Gasteiger partial charge in [-0.3, -0.25) is 14.4 Å². The number of carboxylic acids is 1. The summed E-state index contributed by atoms with van der Waals surface area (Å²) in [4.78, 5) is 35.8. The Morgan fingerprint density at radius 1 is 0.958 bits per heavy atom. The summed E-state index contributed by atoms with van der Waals surface area (Å²) >= 11 is 0. The third-order valence-electron chi connectivity index (χ3n) is 3.41. The van der Waals surface area contributed by atoms with E-state index >= 15 is 0 Å². The average molecular weight is 326 g/mol. The van der Waals surface area contributed by atoms with Gasteiger partial charge in [-0.2, -0.15) is 0 Å². The Morgan fingerprint density at radius 3 is 2.17 bits per heavy atom. The van der Waals surface area contributed by atoms with Crippen LogP contribution in [-0.4, -0.2) is 41.4 Å². The number of hydrogen-bond acceptors (Lipinski definition) is 3. The number of likely N-dealkylation sites (N-methyl/N-ethyl adjacent to an activating group) is 1. The zero-order valence-electron chi connectivity index (χ0n) is 13.2. The lowest BCUT2D eigenvalue weighted by Crippen LogP contribution is -2.31. The van der Waals surface area contributed by atoms with Crippen LogP contribution in [-0.2, 0) is 11.3 Å². The molecule has 0 heterocycles. The number of carbonyl (C=O) groups excluding carboxylic acids is 2. The summed E-state index contributed by atoms with van der Waals surface area (Å²) in [5.74, 6) is -1.60. The standard InChI is InChI=1S/C18H18N2O4/c1-20(12-16(21)22)18(24)15-9-7-13(8-10-15)11-19-17(23)14-5-3-2-4-6-14/h2-10H,11-12H2,1H3,(H,19,23)(H,21,22). The molecule has 2 aromatic carbocycles. The Hall–Kier alpha value is -3.15. The second kappa shape index (κ2) is 7.92. The van der Waals surface area contributed by atoms with Crippen molar-refractivity contribution in [3.05, 3.63) is 71.3 Å². The van der Waals surface area contributed by atoms with Crippen molar-refractivity contribution in [3.8, 4) is 0 Å². The SMILES string of the molecule is CN(CC(=O)O)C(=O)c1ccc(CNC(=O)c2ccccc2)cc1. The third-order valence-corrected chi connectivity index (χ3v) is 3.41. The van der Waals surface area contributed by atoms with E-state index in [0.717, 1.165) is 10.5 Å². The monoisotopic (exact) mass is 326 g/mol. The quantitative estimate of drug-likeness (QED) is 0.847. The number of aliphatic carboxylic acids is 1. The van der Waals surface area contributed by atoms with E-state index in [1.165, 1.54) is 7.05 Å². The maximum atomic E-state index is 12.0. The van der Waals surface area contributed by atoms with Crippen LogP contribution in [0.2, 0.25) is 0 Å². The van der Waals surface area contributed by atoms with E-state index < -0.39 is 5.97 Å². The Labute approximate surface area is 139 Å². The van der Waals surface area contributed by atoms with Crippen LogP contribution < -0.4 is 5.32 Å². The smallest absolute Gasteiger partial charge is 0.323 e. The molecule has 0 aliphatic carbocycles. The molecule has 0 aliphatic heterocycles. The van der Waals surface area contributed by atoms with E-state index in [-0.39, 0.29) is 18.4 Å². The highest BCUT2D eigenvalue weighted by Gasteiger charge is 2.14. The number of benzene rings is 2. The molecular weight excluding hydrogens is 308 g/mol. The fraction of sp³-hybridized carbons (Fsp3) is 0.167. The first-order chi connectivity index (χ1) is 11.5. The number of amides is 2. The molecular formula is C18H18N2O4. The van der Waals surface area contributed by atoms with Gasteiger partial charge in [0.1, 0.15) is 6.54 Å². The minimum Gasteiger partial charge on any atom is -0.480 e. The van der Waals surface area contributed by atoms with Crippen LogP contribution in [0.5, 0.6) is 0 Å². The molecule has 0 atom stereocenters. The Kier molecular flexibility index (Phi) is 5.68. The van der Waals surface area contributed by atoms with Crippen molar-refractivity contribution in [1.29, 1.82) is 0 Å². The first kappa shape index (κ1) is 17.2. The highest BCUT2D eigenvalue weighted by molar-refractivity contribution is 5.96. The number of hydrogen-bond donors (Lipinski definition) is 2. The molecule has 0 aliphatic rings. The molecule has 2 amide bonds. The number of nitrogens with zero attached hydrogens (tertiary/aromatic N) is 1. The van der Waals surface area contributed by atoms with E-state index in [1.807, 2.05) is 6.07 Å². The second-order valence-corrected chi connectivity index (χ2v) is 5.30. The second-order valence-electron chi connectivity index (χ2n) is 5.30. The van der Waals surface area contributed by atoms with Crippen LogP contribution in [0.1, 0.15) is 26.3 Å². The van der Waals surface area contributed by atoms with Gasteiger partial charge in [-0.25, -0.2) is 0 Å². The van der Waals surface area contributed by atoms with Crippen molar-refractivity contribution in [1.82, 2.24) is 10.2 Å². The largest absolute Gasteiger partial charge is 0.480 e. The topological polar surface area (TPSA) is 86.7 Å². The van der Waals surface area contributed by atoms with Crippen molar-refractivity contribution in [2.45, 2.75) is 6.54 Å². The fourth-order valence-corrected chi connectivity index (χ4v) is 2.13. The van der Waals surface area contributed by atoms with E-state index in [9.17, 15) is 14.4 Å². The molecule has 124 valence electrons. The van der Waals surface area contributed by atoms with Gasteiger partial charge in [0.2, 0.25) is 0 Å². The first-order valence-corrected chi connectivity index (χ1v) is 7.37. The number of nitrogens with one attached hydrogen (secondary N) is 1. The molecule has 0 fully saturated rings. The molecule has 2 aromatic rings. The van der Waals surface area contributed by atoms with Gasteiger partial charge >= 0.3 is 5.97 Å². The highest BCUT2D eigenvalue weighted by atomic mass is 16.4. The van der Waals surface area contributed by atoms with Crippen molar-refractivity contribution < 1.29 is 19.5 Å². The number of carbonyl (C=O) groups is 3. The molecule has 0 bridgehead atoms. The van der Waals surface area contributed by atoms with Crippen LogP contribution >= 0.6 is 0 Å². The van der Waals surface area contributed by atoms with Crippen LogP contribution in [0, 0.1) is 0 Å². The maximum Gasteiger partial charge on any atom is 0.323 e. The molecule has 0 saturated carbocycles. The van der Waals surface area contributed by atoms with Gasteiger partial charge < -0.3 is 15.3 Å². The van der Waals surface area contributed by atoms with Gasteiger partial charge in [0.25, 0.3) is 11.8 Å². The maximum absolute atomic E-state index is 12.0. The predicted octanol–water partition coefficient (Wildman–Crippen LogP) is 1.77. The summed E-state index contributed by atoms with van der Waals surface area (Å²) in [5.41, 5.74) is 1.83. The van der Waals surface area contributed by atoms with E-state index in [2.05, 4.69) is 5.32 Å². The van der Waals surface area contributed by atoms with Gasteiger partial charge in [-0.1, -0.05) is 30.3 Å². The molecule has 0 saturated heterocycles. The van der Waals surface area contributed by atoms with Crippen molar-refractivity contribution in [2.24, 2.45) is 0 Å². The summed E-state index contributed by atoms with van der Waals surface area (Å²) < 4.78 is 0. The van der Waals surface area contributed by atoms with E-state index in [0.29, 0.717) is 17.7 Å². The molecule has 2 rings (SSSR count). The van der Waals surface area contributed by atoms with Crippen molar-refractivity contribution >= 4 is 17.8 Å². The van der Waals surface area contributed by atoms with Crippen LogP contribution in [0.25, 0.3) is 0 Å². The minimum atomic E-state index is -1.06. The van der Waals surface area contributed by atoms with Gasteiger partial charge in [0.05, 0.1) is 0 Å². The summed E-state index contributed by atoms with van der Waals surface area (Å²) in [6.45, 7) is -0.0130. The Balaban J connectivity index is 1.93. The molecule has 0 aromatic heterocycles. The minimum absolute atomic E-state index is 0.169. The fourth-order valence-electron chi connectivity index (χ4n) is 2.13. The van der Waals surface area contributed by atoms with Crippen LogP contribution in [0.4, 0.5) is 0 Å². The average Bonchev–Trinajstić information content (AvgIpc) is 2.59. The third kappa shape index (κ3) is 4.67. The van der Waals surface area contributed by atoms with Crippen LogP contribution in [0.15, 0.2) is 54.6 Å².